The van der Waals surface area contributed by atoms with E-state index in [1.54, 1.807) is 70.9 Å². The summed E-state index contributed by atoms with van der Waals surface area (Å²) in [4.78, 5) is 82.9. The number of carbonyl (C=O) groups is 2. The number of anilines is 3. The molecule has 26 nitrogen and oxygen atoms in total. The molecule has 14 rings (SSSR count). The van der Waals surface area contributed by atoms with E-state index < -0.39 is 29.2 Å². The molecule has 9 aromatic heterocycles. The van der Waals surface area contributed by atoms with Crippen LogP contribution < -0.4 is 31.9 Å². The van der Waals surface area contributed by atoms with Crippen LogP contribution in [0.3, 0.4) is 0 Å². The molecule has 10 N–H and O–H groups in total. The number of hydrogen-bond donors (Lipinski definition) is 10. The van der Waals surface area contributed by atoms with Gasteiger partial charge in [0.05, 0.1) is 66.6 Å². The summed E-state index contributed by atoms with van der Waals surface area (Å²) in [5.41, 5.74) is 10.3. The average Bonchev–Trinajstić information content (AvgIpc) is 1.57. The summed E-state index contributed by atoms with van der Waals surface area (Å²) in [5, 5.41) is 64.4. The van der Waals surface area contributed by atoms with E-state index in [-0.39, 0.29) is 24.8 Å². The van der Waals surface area contributed by atoms with Crippen LogP contribution in [-0.4, -0.2) is 162 Å². The maximum absolute atomic E-state index is 13.6. The van der Waals surface area contributed by atoms with Crippen LogP contribution in [0.1, 0.15) is 102 Å². The Morgan fingerprint density at radius 1 is 0.519 bits per heavy atom. The van der Waals surface area contributed by atoms with Gasteiger partial charge in [-0.2, -0.15) is 0 Å². The summed E-state index contributed by atoms with van der Waals surface area (Å²) in [6.07, 6.45) is 16.6. The topological polar surface area (TPSA) is 345 Å². The summed E-state index contributed by atoms with van der Waals surface area (Å²) in [6.45, 7) is 16.4. The number of carbonyl (C=O) groups excluding carboxylic acids is 2. The molecule has 0 radical (unpaired) electrons. The SMILES string of the molecule is CCNC(=O)Nc1nc2cc(-c3ccc(C(C)(O)CCCNC(=O)Nc4nc5cc(-c6cnc(C(C)(O)CCCNC(O)Nc7nc8cc(-c9cnc(C(C)(C)O)nc9)cc(-c9ccc(CN%10CCOCC%10)cn9)c8s7)nc6)cc(-c6cc(CN7CCCC7)ccn6)c5s4)nc3)cc(-c3ccccn3)c2s1. The van der Waals surface area contributed by atoms with Gasteiger partial charge in [0.2, 0.25) is 0 Å². The molecule has 2 aliphatic rings. The molecule has 11 heterocycles. The lowest BCUT2D eigenvalue weighted by atomic mass is 9.94. The predicted molar refractivity (Wildman–Crippen MR) is 415 cm³/mol. The van der Waals surface area contributed by atoms with Crippen molar-refractivity contribution in [2.45, 2.75) is 109 Å². The van der Waals surface area contributed by atoms with Crippen molar-refractivity contribution in [2.24, 2.45) is 0 Å². The van der Waals surface area contributed by atoms with E-state index in [0.29, 0.717) is 94.6 Å². The third kappa shape index (κ3) is 17.5. The molecule has 12 aromatic rings. The molecule has 106 heavy (non-hydrogen) atoms. The number of aromatic nitrogens is 11. The highest BCUT2D eigenvalue weighted by Gasteiger charge is 2.29. The fourth-order valence-electron chi connectivity index (χ4n) is 13.1. The van der Waals surface area contributed by atoms with Gasteiger partial charge >= 0.3 is 12.1 Å². The van der Waals surface area contributed by atoms with E-state index >= 15 is 0 Å². The van der Waals surface area contributed by atoms with Gasteiger partial charge in [-0.15, -0.1) is 0 Å². The van der Waals surface area contributed by atoms with E-state index in [9.17, 15) is 30.0 Å². The molecule has 0 aliphatic carbocycles. The Morgan fingerprint density at radius 3 is 1.66 bits per heavy atom. The fourth-order valence-corrected chi connectivity index (χ4v) is 16.0. The van der Waals surface area contributed by atoms with Crippen molar-refractivity contribution in [2.75, 3.05) is 75.0 Å². The lowest BCUT2D eigenvalue weighted by Crippen LogP contribution is -2.37. The van der Waals surface area contributed by atoms with Gasteiger partial charge in [-0.25, -0.2) is 44.5 Å². The zero-order chi connectivity index (χ0) is 73.5. The summed E-state index contributed by atoms with van der Waals surface area (Å²) in [6, 6.07) is 28.9. The number of hydrogen-bond acceptors (Lipinski definition) is 25. The van der Waals surface area contributed by atoms with Gasteiger partial charge in [0.15, 0.2) is 33.4 Å². The minimum absolute atomic E-state index is 0.238. The number of thiazole rings is 3. The first-order valence-corrected chi connectivity index (χ1v) is 37.9. The molecular weight excluding hydrogens is 1400 g/mol. The number of aliphatic hydroxyl groups is 4. The molecule has 0 spiro atoms. The molecule has 3 unspecified atom stereocenters. The highest BCUT2D eigenvalue weighted by Crippen LogP contribution is 2.43. The second-order valence-electron chi connectivity index (χ2n) is 27.6. The fraction of sp³-hybridized carbons (Fsp3) is 0.338. The number of aliphatic hydroxyl groups excluding tert-OH is 1. The highest BCUT2D eigenvalue weighted by atomic mass is 32.1. The van der Waals surface area contributed by atoms with Crippen molar-refractivity contribution in [1.29, 1.82) is 0 Å². The smallest absolute Gasteiger partial charge is 0.321 e. The number of urea groups is 2. The number of amides is 4. The maximum atomic E-state index is 13.6. The highest BCUT2D eigenvalue weighted by molar-refractivity contribution is 7.23. The van der Waals surface area contributed by atoms with Gasteiger partial charge in [0.25, 0.3) is 0 Å². The van der Waals surface area contributed by atoms with Gasteiger partial charge in [0, 0.05) is 122 Å². The van der Waals surface area contributed by atoms with Crippen LogP contribution in [0.25, 0.3) is 97.8 Å². The van der Waals surface area contributed by atoms with Crippen LogP contribution in [0.2, 0.25) is 0 Å². The van der Waals surface area contributed by atoms with Crippen molar-refractivity contribution < 1.29 is 34.8 Å². The van der Waals surface area contributed by atoms with Crippen LogP contribution in [0.4, 0.5) is 25.0 Å². The number of benzene rings is 3. The number of morpholine rings is 1. The number of nitrogens with one attached hydrogen (secondary N) is 6. The summed E-state index contributed by atoms with van der Waals surface area (Å²) in [5.74, 6) is 0.547. The van der Waals surface area contributed by atoms with Crippen LogP contribution in [-0.2, 0) is 34.6 Å². The Balaban J connectivity index is 0.612. The summed E-state index contributed by atoms with van der Waals surface area (Å²) < 4.78 is 8.12. The second kappa shape index (κ2) is 32.1. The Kier molecular flexibility index (Phi) is 22.1. The first-order chi connectivity index (χ1) is 51.2. The quantitative estimate of drug-likeness (QED) is 0.0169. The van der Waals surface area contributed by atoms with Gasteiger partial charge in [-0.1, -0.05) is 52.2 Å². The number of likely N-dealkylation sites (tertiary alicyclic amines) is 1. The van der Waals surface area contributed by atoms with Crippen LogP contribution in [0.5, 0.6) is 0 Å². The lowest BCUT2D eigenvalue weighted by molar-refractivity contribution is 0.0341. The largest absolute Gasteiger partial charge is 0.384 e. The normalized spacial score (nSPS) is 15.2. The minimum atomic E-state index is -1.42. The Morgan fingerprint density at radius 2 is 1.07 bits per heavy atom. The number of pyridine rings is 4. The minimum Gasteiger partial charge on any atom is -0.384 e. The maximum Gasteiger partial charge on any atom is 0.321 e. The standard InChI is InChI=1S/C77H83N19O7S3/c1-6-78-69(97)92-72-89-60-35-49(32-54(64(60)104-72)57-13-7-8-21-79-57)48-15-17-63(84-39-48)76(4,101)19-11-22-81-70(98)94-74-91-62-37-51(34-56(66(62)106-74)59-31-46(18-24-80-59)44-95-25-9-10-26-95)53-42-87-68(88-43-53)77(5,102)20-12-23-82-71(99)93-73-90-61-36-50(52-40-85-67(86-41-52)75(2,3)100)33-55(65(61)105-73)58-16-14-47(38-83-58)45-96-27-29-103-30-28-96/h7-8,13-18,21,24,31-43,71,82,99-102H,6,9-12,19-20,22-23,25-30,44-45H2,1-5H3,(H,90,93)(H2,78,89,92,97)(H2,81,91,94,98). The molecule has 2 fully saturated rings. The number of fused-ring (bicyclic) bond motifs is 3. The third-order valence-electron chi connectivity index (χ3n) is 18.7. The zero-order valence-corrected chi connectivity index (χ0v) is 61.9. The molecule has 2 aliphatic heterocycles. The Bertz CT molecular complexity index is 5060. The van der Waals surface area contributed by atoms with Crippen molar-refractivity contribution in [3.05, 3.63) is 169 Å². The van der Waals surface area contributed by atoms with Gasteiger partial charge in [-0.3, -0.25) is 45.7 Å². The lowest BCUT2D eigenvalue weighted by Gasteiger charge is -2.26. The molecule has 0 saturated carbocycles. The predicted octanol–water partition coefficient (Wildman–Crippen LogP) is 12.2. The van der Waals surface area contributed by atoms with Gasteiger partial charge in [-0.05, 0) is 193 Å². The molecular formula is C77H83N19O7S3. The van der Waals surface area contributed by atoms with Crippen molar-refractivity contribution in [3.63, 3.8) is 0 Å². The van der Waals surface area contributed by atoms with Gasteiger partial charge < -0.3 is 41.1 Å². The van der Waals surface area contributed by atoms with E-state index in [0.717, 1.165) is 126 Å². The summed E-state index contributed by atoms with van der Waals surface area (Å²) in [7, 11) is 0. The van der Waals surface area contributed by atoms with Gasteiger partial charge in [0.1, 0.15) is 16.8 Å². The first-order valence-electron chi connectivity index (χ1n) is 35.5. The zero-order valence-electron chi connectivity index (χ0n) is 59.4. The summed E-state index contributed by atoms with van der Waals surface area (Å²) >= 11 is 4.12. The van der Waals surface area contributed by atoms with Crippen molar-refractivity contribution >= 4 is 92.1 Å². The van der Waals surface area contributed by atoms with Crippen LogP contribution >= 0.6 is 34.0 Å². The average molecular weight is 1480 g/mol. The molecule has 3 atom stereocenters. The van der Waals surface area contributed by atoms with E-state index in [4.69, 9.17) is 44.6 Å². The number of nitrogens with zero attached hydrogens (tertiary/aromatic N) is 13. The molecule has 0 bridgehead atoms. The van der Waals surface area contributed by atoms with Crippen molar-refractivity contribution in [3.8, 4) is 67.2 Å². The van der Waals surface area contributed by atoms with Crippen molar-refractivity contribution in [1.82, 2.24) is 80.6 Å². The van der Waals surface area contributed by atoms with Crippen LogP contribution in [0, 0.1) is 0 Å². The molecule has 2 saturated heterocycles. The molecule has 4 amide bonds. The molecule has 546 valence electrons. The number of ether oxygens (including phenoxy) is 1. The van der Waals surface area contributed by atoms with E-state index in [2.05, 4.69) is 68.8 Å². The molecule has 29 heteroatoms. The second-order valence-corrected chi connectivity index (χ2v) is 30.6. The Labute approximate surface area is 624 Å². The first kappa shape index (κ1) is 73.0. The molecule has 3 aromatic carbocycles. The van der Waals surface area contributed by atoms with Crippen LogP contribution in [0.15, 0.2) is 141 Å². The van der Waals surface area contributed by atoms with E-state index in [1.807, 2.05) is 92.1 Å². The monoisotopic (exact) mass is 1480 g/mol. The Hall–Kier alpha value is -9.89. The van der Waals surface area contributed by atoms with E-state index in [1.165, 1.54) is 46.9 Å². The number of rotatable bonds is 27. The third-order valence-corrected chi connectivity index (χ3v) is 21.8.